The third kappa shape index (κ3) is 3.56. The summed E-state index contributed by atoms with van der Waals surface area (Å²) in [4.78, 5) is 0. The lowest BCUT2D eigenvalue weighted by Gasteiger charge is -2.39. The Morgan fingerprint density at radius 1 is 0.950 bits per heavy atom. The molecule has 1 nitrogen and oxygen atoms in total. The molecule has 2 heteroatoms. The third-order valence-corrected chi connectivity index (χ3v) is 5.46. The van der Waals surface area contributed by atoms with Crippen molar-refractivity contribution in [2.24, 2.45) is 5.92 Å². The second-order valence-electron chi connectivity index (χ2n) is 6.89. The van der Waals surface area contributed by atoms with Gasteiger partial charge in [-0.3, -0.25) is 0 Å². The largest absolute Gasteiger partial charge is 0.311 e. The van der Waals surface area contributed by atoms with Gasteiger partial charge in [0.05, 0.1) is 0 Å². The Bertz CT molecular complexity index is 422. The standard InChI is InChI=1S/C18H26ClN/c1-13-3-2-4-17(10-5-13)20-18-11-15(12-18)14-6-8-16(19)9-7-14/h6-9,13,15,17-18,20H,2-5,10-12H2,1H3. The summed E-state index contributed by atoms with van der Waals surface area (Å²) in [5, 5.41) is 4.74. The topological polar surface area (TPSA) is 12.0 Å². The van der Waals surface area contributed by atoms with Crippen LogP contribution in [0.4, 0.5) is 0 Å². The van der Waals surface area contributed by atoms with Gasteiger partial charge in [-0.25, -0.2) is 0 Å². The van der Waals surface area contributed by atoms with Crippen LogP contribution in [0.1, 0.15) is 63.4 Å². The molecule has 2 unspecified atom stereocenters. The molecule has 2 aliphatic carbocycles. The zero-order chi connectivity index (χ0) is 13.9. The first-order valence-corrected chi connectivity index (χ1v) is 8.60. The van der Waals surface area contributed by atoms with E-state index in [0.717, 1.165) is 28.9 Å². The molecule has 0 bridgehead atoms. The van der Waals surface area contributed by atoms with Gasteiger partial charge in [-0.1, -0.05) is 43.5 Å². The SMILES string of the molecule is CC1CCCC(NC2CC(c3ccc(Cl)cc3)C2)CC1. The van der Waals surface area contributed by atoms with Gasteiger partial charge in [0.1, 0.15) is 0 Å². The van der Waals surface area contributed by atoms with E-state index in [0.29, 0.717) is 0 Å². The molecule has 0 heterocycles. The van der Waals surface area contributed by atoms with E-state index < -0.39 is 0 Å². The minimum absolute atomic E-state index is 0.745. The van der Waals surface area contributed by atoms with Gasteiger partial charge < -0.3 is 5.32 Å². The van der Waals surface area contributed by atoms with Crippen molar-refractivity contribution in [1.82, 2.24) is 5.32 Å². The van der Waals surface area contributed by atoms with Crippen LogP contribution in [0.3, 0.4) is 0 Å². The molecule has 1 aromatic carbocycles. The molecule has 20 heavy (non-hydrogen) atoms. The summed E-state index contributed by atoms with van der Waals surface area (Å²) in [5.74, 6) is 1.68. The van der Waals surface area contributed by atoms with Crippen molar-refractivity contribution >= 4 is 11.6 Å². The van der Waals surface area contributed by atoms with Gasteiger partial charge in [0, 0.05) is 17.1 Å². The molecule has 0 saturated heterocycles. The molecule has 0 aliphatic heterocycles. The monoisotopic (exact) mass is 291 g/mol. The Morgan fingerprint density at radius 2 is 1.70 bits per heavy atom. The summed E-state index contributed by atoms with van der Waals surface area (Å²) in [7, 11) is 0. The van der Waals surface area contributed by atoms with Gasteiger partial charge >= 0.3 is 0 Å². The van der Waals surface area contributed by atoms with Crippen molar-refractivity contribution in [1.29, 1.82) is 0 Å². The predicted octanol–water partition coefficient (Wildman–Crippen LogP) is 5.14. The molecule has 110 valence electrons. The van der Waals surface area contributed by atoms with E-state index in [-0.39, 0.29) is 0 Å². The second-order valence-corrected chi connectivity index (χ2v) is 7.33. The van der Waals surface area contributed by atoms with Crippen molar-refractivity contribution < 1.29 is 0 Å². The third-order valence-electron chi connectivity index (χ3n) is 5.21. The molecule has 2 atom stereocenters. The fourth-order valence-electron chi connectivity index (χ4n) is 3.75. The summed E-state index contributed by atoms with van der Waals surface area (Å²) in [6, 6.07) is 9.94. The summed E-state index contributed by atoms with van der Waals surface area (Å²) in [5.41, 5.74) is 1.46. The smallest absolute Gasteiger partial charge is 0.0406 e. The average Bonchev–Trinajstić information content (AvgIpc) is 2.60. The molecular formula is C18H26ClN. The lowest BCUT2D eigenvalue weighted by Crippen LogP contribution is -2.45. The first-order chi connectivity index (χ1) is 9.70. The fourth-order valence-corrected chi connectivity index (χ4v) is 3.87. The highest BCUT2D eigenvalue weighted by Gasteiger charge is 2.31. The molecule has 0 radical (unpaired) electrons. The fraction of sp³-hybridized carbons (Fsp3) is 0.667. The van der Waals surface area contributed by atoms with Crippen LogP contribution in [0, 0.1) is 5.92 Å². The van der Waals surface area contributed by atoms with Crippen molar-refractivity contribution in [2.75, 3.05) is 0 Å². The number of nitrogens with one attached hydrogen (secondary N) is 1. The lowest BCUT2D eigenvalue weighted by molar-refractivity contribution is 0.254. The number of halogens is 1. The summed E-state index contributed by atoms with van der Waals surface area (Å²) in [6.07, 6.45) is 9.60. The van der Waals surface area contributed by atoms with Gasteiger partial charge in [-0.05, 0) is 61.6 Å². The van der Waals surface area contributed by atoms with Gasteiger partial charge in [0.25, 0.3) is 0 Å². The van der Waals surface area contributed by atoms with Gasteiger partial charge in [0.2, 0.25) is 0 Å². The van der Waals surface area contributed by atoms with E-state index >= 15 is 0 Å². The van der Waals surface area contributed by atoms with Crippen LogP contribution in [0.2, 0.25) is 5.02 Å². The van der Waals surface area contributed by atoms with Gasteiger partial charge in [0.15, 0.2) is 0 Å². The van der Waals surface area contributed by atoms with Crippen LogP contribution < -0.4 is 5.32 Å². The van der Waals surface area contributed by atoms with Crippen molar-refractivity contribution in [3.63, 3.8) is 0 Å². The zero-order valence-electron chi connectivity index (χ0n) is 12.4. The molecular weight excluding hydrogens is 266 g/mol. The highest BCUT2D eigenvalue weighted by atomic mass is 35.5. The molecule has 0 aromatic heterocycles. The molecule has 2 saturated carbocycles. The second kappa shape index (κ2) is 6.49. The molecule has 1 N–H and O–H groups in total. The van der Waals surface area contributed by atoms with Crippen molar-refractivity contribution in [2.45, 2.75) is 69.9 Å². The van der Waals surface area contributed by atoms with Crippen LogP contribution in [-0.4, -0.2) is 12.1 Å². The maximum atomic E-state index is 5.95. The van der Waals surface area contributed by atoms with Gasteiger partial charge in [-0.15, -0.1) is 0 Å². The molecule has 0 amide bonds. The van der Waals surface area contributed by atoms with Crippen LogP contribution in [0.5, 0.6) is 0 Å². The Labute approximate surface area is 128 Å². The first-order valence-electron chi connectivity index (χ1n) is 8.22. The summed E-state index contributed by atoms with van der Waals surface area (Å²) < 4.78 is 0. The molecule has 2 aliphatic rings. The highest BCUT2D eigenvalue weighted by molar-refractivity contribution is 6.30. The normalized spacial score (nSPS) is 34.3. The highest BCUT2D eigenvalue weighted by Crippen LogP contribution is 2.38. The van der Waals surface area contributed by atoms with Crippen LogP contribution in [-0.2, 0) is 0 Å². The number of hydrogen-bond acceptors (Lipinski definition) is 1. The minimum Gasteiger partial charge on any atom is -0.311 e. The maximum absolute atomic E-state index is 5.95. The zero-order valence-corrected chi connectivity index (χ0v) is 13.2. The van der Waals surface area contributed by atoms with Crippen LogP contribution in [0.15, 0.2) is 24.3 Å². The Morgan fingerprint density at radius 3 is 2.45 bits per heavy atom. The lowest BCUT2D eigenvalue weighted by atomic mass is 9.75. The van der Waals surface area contributed by atoms with E-state index in [9.17, 15) is 0 Å². The van der Waals surface area contributed by atoms with Crippen LogP contribution in [0.25, 0.3) is 0 Å². The Kier molecular flexibility index (Phi) is 4.68. The van der Waals surface area contributed by atoms with Crippen molar-refractivity contribution in [3.8, 4) is 0 Å². The molecule has 3 rings (SSSR count). The van der Waals surface area contributed by atoms with E-state index in [1.807, 2.05) is 12.1 Å². The number of benzene rings is 1. The van der Waals surface area contributed by atoms with E-state index in [2.05, 4.69) is 24.4 Å². The first kappa shape index (κ1) is 14.4. The Balaban J connectivity index is 1.45. The van der Waals surface area contributed by atoms with E-state index in [1.165, 1.54) is 50.5 Å². The molecule has 1 aromatic rings. The number of hydrogen-bond donors (Lipinski definition) is 1. The molecule has 2 fully saturated rings. The quantitative estimate of drug-likeness (QED) is 0.760. The van der Waals surface area contributed by atoms with Crippen molar-refractivity contribution in [3.05, 3.63) is 34.9 Å². The summed E-state index contributed by atoms with van der Waals surface area (Å²) >= 11 is 5.95. The number of rotatable bonds is 3. The Hall–Kier alpha value is -0.530. The predicted molar refractivity (Wildman–Crippen MR) is 86.4 cm³/mol. The van der Waals surface area contributed by atoms with E-state index in [1.54, 1.807) is 0 Å². The van der Waals surface area contributed by atoms with Gasteiger partial charge in [-0.2, -0.15) is 0 Å². The van der Waals surface area contributed by atoms with E-state index in [4.69, 9.17) is 11.6 Å². The van der Waals surface area contributed by atoms with Crippen LogP contribution >= 0.6 is 11.6 Å². The molecule has 0 spiro atoms. The average molecular weight is 292 g/mol. The maximum Gasteiger partial charge on any atom is 0.0406 e. The summed E-state index contributed by atoms with van der Waals surface area (Å²) in [6.45, 7) is 2.41. The minimum atomic E-state index is 0.745.